The van der Waals surface area contributed by atoms with E-state index >= 15 is 0 Å². The van der Waals surface area contributed by atoms with Gasteiger partial charge >= 0.3 is 5.97 Å². The molecule has 0 saturated carbocycles. The Bertz CT molecular complexity index is 569. The molecule has 0 aliphatic carbocycles. The second-order valence-corrected chi connectivity index (χ2v) is 5.12. The molecule has 1 aromatic heterocycles. The minimum Gasteiger partial charge on any atom is -0.481 e. The SMILES string of the molecule is CC(C)(CC(=O)O)c1c(Cl)ccc2occc12. The molecule has 17 heavy (non-hydrogen) atoms. The Balaban J connectivity index is 2.64. The lowest BCUT2D eigenvalue weighted by atomic mass is 9.80. The quantitative estimate of drug-likeness (QED) is 0.903. The van der Waals surface area contributed by atoms with E-state index in [1.807, 2.05) is 19.9 Å². The maximum absolute atomic E-state index is 10.9. The molecule has 0 radical (unpaired) electrons. The van der Waals surface area contributed by atoms with Crippen molar-refractivity contribution < 1.29 is 14.3 Å². The van der Waals surface area contributed by atoms with E-state index in [0.717, 1.165) is 16.5 Å². The van der Waals surface area contributed by atoms with Crippen LogP contribution in [0, 0.1) is 0 Å². The van der Waals surface area contributed by atoms with Crippen LogP contribution in [0.15, 0.2) is 28.9 Å². The Morgan fingerprint density at radius 2 is 2.12 bits per heavy atom. The van der Waals surface area contributed by atoms with Crippen LogP contribution in [-0.2, 0) is 10.2 Å². The molecule has 0 unspecified atom stereocenters. The van der Waals surface area contributed by atoms with Crippen LogP contribution in [0.3, 0.4) is 0 Å². The number of rotatable bonds is 3. The fourth-order valence-electron chi connectivity index (χ4n) is 2.17. The predicted molar refractivity (Wildman–Crippen MR) is 66.5 cm³/mol. The van der Waals surface area contributed by atoms with Crippen LogP contribution in [0.1, 0.15) is 25.8 Å². The molecule has 0 amide bonds. The van der Waals surface area contributed by atoms with E-state index in [1.54, 1.807) is 18.4 Å². The van der Waals surface area contributed by atoms with Crippen LogP contribution in [0.25, 0.3) is 11.0 Å². The lowest BCUT2D eigenvalue weighted by molar-refractivity contribution is -0.138. The molecule has 1 N–H and O–H groups in total. The number of hydrogen-bond donors (Lipinski definition) is 1. The summed E-state index contributed by atoms with van der Waals surface area (Å²) in [7, 11) is 0. The highest BCUT2D eigenvalue weighted by Gasteiger charge is 2.28. The number of benzene rings is 1. The molecule has 0 bridgehead atoms. The van der Waals surface area contributed by atoms with Crippen molar-refractivity contribution in [3.63, 3.8) is 0 Å². The minimum absolute atomic E-state index is 0.0248. The predicted octanol–water partition coefficient (Wildman–Crippen LogP) is 3.84. The molecule has 1 aromatic carbocycles. The van der Waals surface area contributed by atoms with E-state index in [4.69, 9.17) is 21.1 Å². The van der Waals surface area contributed by atoms with E-state index in [2.05, 4.69) is 0 Å². The number of fused-ring (bicyclic) bond motifs is 1. The standard InChI is InChI=1S/C13H13ClO3/c1-13(2,7-11(15)16)12-8-5-6-17-10(8)4-3-9(12)14/h3-6H,7H2,1-2H3,(H,15,16). The van der Waals surface area contributed by atoms with Gasteiger partial charge in [0.1, 0.15) is 5.58 Å². The normalized spacial score (nSPS) is 11.9. The summed E-state index contributed by atoms with van der Waals surface area (Å²) in [6.45, 7) is 3.74. The second-order valence-electron chi connectivity index (χ2n) is 4.71. The monoisotopic (exact) mass is 252 g/mol. The van der Waals surface area contributed by atoms with Crippen molar-refractivity contribution in [1.29, 1.82) is 0 Å². The fraction of sp³-hybridized carbons (Fsp3) is 0.308. The Morgan fingerprint density at radius 1 is 1.41 bits per heavy atom. The van der Waals surface area contributed by atoms with Crippen LogP contribution < -0.4 is 0 Å². The molecule has 0 aliphatic rings. The van der Waals surface area contributed by atoms with Crippen molar-refractivity contribution in [2.75, 3.05) is 0 Å². The largest absolute Gasteiger partial charge is 0.481 e. The summed E-state index contributed by atoms with van der Waals surface area (Å²) in [4.78, 5) is 10.9. The molecule has 2 rings (SSSR count). The van der Waals surface area contributed by atoms with E-state index in [-0.39, 0.29) is 6.42 Å². The Hall–Kier alpha value is -1.48. The molecule has 0 atom stereocenters. The van der Waals surface area contributed by atoms with E-state index in [0.29, 0.717) is 5.02 Å². The summed E-state index contributed by atoms with van der Waals surface area (Å²) in [6, 6.07) is 5.35. The molecule has 0 aliphatic heterocycles. The van der Waals surface area contributed by atoms with Gasteiger partial charge in [0.25, 0.3) is 0 Å². The molecular formula is C13H13ClO3. The molecule has 90 valence electrons. The van der Waals surface area contributed by atoms with E-state index < -0.39 is 11.4 Å². The smallest absolute Gasteiger partial charge is 0.304 e. The molecule has 0 saturated heterocycles. The molecule has 4 heteroatoms. The highest BCUT2D eigenvalue weighted by atomic mass is 35.5. The van der Waals surface area contributed by atoms with Gasteiger partial charge in [-0.3, -0.25) is 4.79 Å². The van der Waals surface area contributed by atoms with Crippen LogP contribution in [0.2, 0.25) is 5.02 Å². The third-order valence-electron chi connectivity index (χ3n) is 2.85. The maximum Gasteiger partial charge on any atom is 0.304 e. The molecule has 2 aromatic rings. The lowest BCUT2D eigenvalue weighted by Crippen LogP contribution is -2.22. The zero-order chi connectivity index (χ0) is 12.6. The number of carboxylic acid groups (broad SMARTS) is 1. The third kappa shape index (κ3) is 2.15. The minimum atomic E-state index is -0.841. The summed E-state index contributed by atoms with van der Waals surface area (Å²) in [5.74, 6) is -0.841. The maximum atomic E-state index is 10.9. The number of carboxylic acids is 1. The number of halogens is 1. The summed E-state index contributed by atoms with van der Waals surface area (Å²) in [5.41, 5.74) is 1.02. The Kier molecular flexibility index (Phi) is 2.87. The van der Waals surface area contributed by atoms with Crippen molar-refractivity contribution in [3.05, 3.63) is 35.0 Å². The first-order valence-electron chi connectivity index (χ1n) is 5.30. The molecular weight excluding hydrogens is 240 g/mol. The first kappa shape index (κ1) is 12.0. The molecule has 1 heterocycles. The van der Waals surface area contributed by atoms with Gasteiger partial charge in [0, 0.05) is 15.8 Å². The first-order valence-corrected chi connectivity index (χ1v) is 5.67. The van der Waals surface area contributed by atoms with Gasteiger partial charge in [0.15, 0.2) is 0 Å². The fourth-order valence-corrected chi connectivity index (χ4v) is 2.59. The van der Waals surface area contributed by atoms with Gasteiger partial charge in [0.2, 0.25) is 0 Å². The van der Waals surface area contributed by atoms with Gasteiger partial charge < -0.3 is 9.52 Å². The van der Waals surface area contributed by atoms with Gasteiger partial charge in [-0.15, -0.1) is 0 Å². The Morgan fingerprint density at radius 3 is 2.76 bits per heavy atom. The third-order valence-corrected chi connectivity index (χ3v) is 3.17. The summed E-state index contributed by atoms with van der Waals surface area (Å²) in [5, 5.41) is 10.4. The highest BCUT2D eigenvalue weighted by Crippen LogP contribution is 2.38. The average molecular weight is 253 g/mol. The number of aliphatic carboxylic acids is 1. The molecule has 0 spiro atoms. The van der Waals surface area contributed by atoms with Gasteiger partial charge in [-0.05, 0) is 23.8 Å². The first-order chi connectivity index (χ1) is 7.92. The highest BCUT2D eigenvalue weighted by molar-refractivity contribution is 6.32. The van der Waals surface area contributed by atoms with E-state index in [9.17, 15) is 4.79 Å². The average Bonchev–Trinajstić information content (AvgIpc) is 2.61. The van der Waals surface area contributed by atoms with Crippen molar-refractivity contribution in [2.24, 2.45) is 0 Å². The molecule has 0 fully saturated rings. The summed E-state index contributed by atoms with van der Waals surface area (Å²) in [6.07, 6.45) is 1.61. The van der Waals surface area contributed by atoms with Crippen LogP contribution >= 0.6 is 11.6 Å². The van der Waals surface area contributed by atoms with Gasteiger partial charge in [-0.1, -0.05) is 25.4 Å². The number of furan rings is 1. The summed E-state index contributed by atoms with van der Waals surface area (Å²) >= 11 is 6.19. The van der Waals surface area contributed by atoms with E-state index in [1.165, 1.54) is 0 Å². The zero-order valence-electron chi connectivity index (χ0n) is 9.66. The zero-order valence-corrected chi connectivity index (χ0v) is 10.4. The van der Waals surface area contributed by atoms with Gasteiger partial charge in [0.05, 0.1) is 12.7 Å². The second kappa shape index (κ2) is 4.08. The number of carbonyl (C=O) groups is 1. The van der Waals surface area contributed by atoms with Crippen LogP contribution in [0.4, 0.5) is 0 Å². The van der Waals surface area contributed by atoms with Crippen molar-refractivity contribution in [3.8, 4) is 0 Å². The van der Waals surface area contributed by atoms with Gasteiger partial charge in [-0.25, -0.2) is 0 Å². The summed E-state index contributed by atoms with van der Waals surface area (Å²) < 4.78 is 5.31. The van der Waals surface area contributed by atoms with Crippen molar-refractivity contribution >= 4 is 28.5 Å². The topological polar surface area (TPSA) is 50.4 Å². The van der Waals surface area contributed by atoms with Crippen LogP contribution in [0.5, 0.6) is 0 Å². The van der Waals surface area contributed by atoms with Crippen molar-refractivity contribution in [1.82, 2.24) is 0 Å². The number of hydrogen-bond acceptors (Lipinski definition) is 2. The van der Waals surface area contributed by atoms with Gasteiger partial charge in [-0.2, -0.15) is 0 Å². The lowest BCUT2D eigenvalue weighted by Gasteiger charge is -2.25. The molecule has 3 nitrogen and oxygen atoms in total. The van der Waals surface area contributed by atoms with Crippen LogP contribution in [-0.4, -0.2) is 11.1 Å². The van der Waals surface area contributed by atoms with Crippen molar-refractivity contribution in [2.45, 2.75) is 25.7 Å². The Labute approximate surface area is 104 Å².